The smallest absolute Gasteiger partial charge is 0.238 e. The highest BCUT2D eigenvalue weighted by Gasteiger charge is 2.09. The highest BCUT2D eigenvalue weighted by molar-refractivity contribution is 7.89. The molecule has 3 N–H and O–H groups in total. The number of sulfonamides is 1. The Bertz CT molecular complexity index is 1080. The highest BCUT2D eigenvalue weighted by Crippen LogP contribution is 2.23. The van der Waals surface area contributed by atoms with Gasteiger partial charge in [0.15, 0.2) is 0 Å². The van der Waals surface area contributed by atoms with Crippen LogP contribution in [0.4, 0.5) is 5.69 Å². The predicted octanol–water partition coefficient (Wildman–Crippen LogP) is 3.62. The number of carbonyl (C=O) groups is 1. The van der Waals surface area contributed by atoms with Gasteiger partial charge in [-0.05, 0) is 66.6 Å². The zero-order chi connectivity index (χ0) is 20.1. The van der Waals surface area contributed by atoms with E-state index in [1.165, 1.54) is 12.1 Å². The number of aryl methyl sites for hydroxylation is 1. The lowest BCUT2D eigenvalue weighted by Crippen LogP contribution is -2.15. The molecule has 0 aliphatic carbocycles. The first-order chi connectivity index (χ1) is 13.3. The average Bonchev–Trinajstić information content (AvgIpc) is 2.63. The van der Waals surface area contributed by atoms with E-state index in [4.69, 9.17) is 9.88 Å². The van der Waals surface area contributed by atoms with Crippen LogP contribution in [-0.4, -0.2) is 14.3 Å². The largest absolute Gasteiger partial charge is 0.457 e. The van der Waals surface area contributed by atoms with Gasteiger partial charge in [-0.3, -0.25) is 4.79 Å². The summed E-state index contributed by atoms with van der Waals surface area (Å²) in [6, 6.07) is 20.7. The molecule has 0 heterocycles. The fraction of sp³-hybridized carbons (Fsp3) is 0.0952. The minimum Gasteiger partial charge on any atom is -0.457 e. The molecule has 3 aromatic rings. The summed E-state index contributed by atoms with van der Waals surface area (Å²) < 4.78 is 28.3. The fourth-order valence-corrected chi connectivity index (χ4v) is 3.12. The van der Waals surface area contributed by atoms with Crippen molar-refractivity contribution in [2.75, 3.05) is 5.32 Å². The van der Waals surface area contributed by atoms with E-state index in [9.17, 15) is 13.2 Å². The average molecular weight is 396 g/mol. The van der Waals surface area contributed by atoms with Crippen molar-refractivity contribution in [1.29, 1.82) is 0 Å². The number of anilines is 1. The van der Waals surface area contributed by atoms with Crippen molar-refractivity contribution in [3.8, 4) is 11.5 Å². The molecule has 0 spiro atoms. The Morgan fingerprint density at radius 1 is 0.964 bits per heavy atom. The van der Waals surface area contributed by atoms with Gasteiger partial charge in [0, 0.05) is 5.69 Å². The Morgan fingerprint density at radius 2 is 1.64 bits per heavy atom. The quantitative estimate of drug-likeness (QED) is 0.665. The van der Waals surface area contributed by atoms with E-state index in [1.54, 1.807) is 36.4 Å². The van der Waals surface area contributed by atoms with Crippen molar-refractivity contribution in [3.05, 3.63) is 83.9 Å². The third kappa shape index (κ3) is 5.42. The number of rotatable bonds is 6. The van der Waals surface area contributed by atoms with Gasteiger partial charge < -0.3 is 10.1 Å². The minimum atomic E-state index is -3.74. The van der Waals surface area contributed by atoms with E-state index < -0.39 is 10.0 Å². The predicted molar refractivity (Wildman–Crippen MR) is 108 cm³/mol. The Balaban J connectivity index is 1.58. The molecule has 0 fully saturated rings. The number of hydrogen-bond donors (Lipinski definition) is 2. The summed E-state index contributed by atoms with van der Waals surface area (Å²) in [5.41, 5.74) is 2.44. The van der Waals surface area contributed by atoms with Gasteiger partial charge in [0.25, 0.3) is 0 Å². The second kappa shape index (κ2) is 8.24. The molecular formula is C21H20N2O4S. The second-order valence-electron chi connectivity index (χ2n) is 6.36. The summed E-state index contributed by atoms with van der Waals surface area (Å²) in [5.74, 6) is 1.21. The number of nitrogens with two attached hydrogens (primary N) is 1. The molecule has 0 saturated carbocycles. The lowest BCUT2D eigenvalue weighted by molar-refractivity contribution is -0.115. The third-order valence-corrected chi connectivity index (χ3v) is 4.91. The van der Waals surface area contributed by atoms with Crippen molar-refractivity contribution < 1.29 is 17.9 Å². The van der Waals surface area contributed by atoms with Crippen LogP contribution in [0, 0.1) is 6.92 Å². The third-order valence-electron chi connectivity index (χ3n) is 3.98. The number of carbonyl (C=O) groups excluding carboxylic acids is 1. The molecule has 28 heavy (non-hydrogen) atoms. The number of ether oxygens (including phenoxy) is 1. The van der Waals surface area contributed by atoms with Crippen LogP contribution in [0.15, 0.2) is 77.7 Å². The molecule has 0 saturated heterocycles. The number of nitrogens with one attached hydrogen (secondary N) is 1. The highest BCUT2D eigenvalue weighted by atomic mass is 32.2. The molecule has 3 aromatic carbocycles. The maximum atomic E-state index is 12.2. The number of hydrogen-bond acceptors (Lipinski definition) is 4. The molecule has 7 heteroatoms. The van der Waals surface area contributed by atoms with Gasteiger partial charge in [0.1, 0.15) is 11.5 Å². The summed E-state index contributed by atoms with van der Waals surface area (Å²) in [7, 11) is -3.74. The summed E-state index contributed by atoms with van der Waals surface area (Å²) in [4.78, 5) is 12.2. The van der Waals surface area contributed by atoms with Crippen molar-refractivity contribution in [2.24, 2.45) is 5.14 Å². The van der Waals surface area contributed by atoms with Crippen LogP contribution in [0.5, 0.6) is 11.5 Å². The minimum absolute atomic E-state index is 0.0147. The van der Waals surface area contributed by atoms with Crippen molar-refractivity contribution in [2.45, 2.75) is 18.2 Å². The van der Waals surface area contributed by atoms with Crippen LogP contribution >= 0.6 is 0 Å². The molecule has 0 atom stereocenters. The summed E-state index contributed by atoms with van der Waals surface area (Å²) >= 11 is 0. The van der Waals surface area contributed by atoms with E-state index in [2.05, 4.69) is 5.32 Å². The molecule has 0 unspecified atom stereocenters. The number of primary sulfonamides is 1. The zero-order valence-electron chi connectivity index (χ0n) is 15.3. The molecule has 144 valence electrons. The van der Waals surface area contributed by atoms with E-state index in [1.807, 2.05) is 31.2 Å². The van der Waals surface area contributed by atoms with E-state index in [0.29, 0.717) is 17.0 Å². The maximum Gasteiger partial charge on any atom is 0.238 e. The lowest BCUT2D eigenvalue weighted by Gasteiger charge is -2.09. The van der Waals surface area contributed by atoms with E-state index in [-0.39, 0.29) is 17.2 Å². The monoisotopic (exact) mass is 396 g/mol. The summed E-state index contributed by atoms with van der Waals surface area (Å²) in [5, 5.41) is 7.86. The van der Waals surface area contributed by atoms with Gasteiger partial charge in [-0.2, -0.15) is 0 Å². The number of amides is 1. The first kappa shape index (κ1) is 19.6. The lowest BCUT2D eigenvalue weighted by atomic mass is 10.1. The zero-order valence-corrected chi connectivity index (χ0v) is 16.1. The molecule has 6 nitrogen and oxygen atoms in total. The van der Waals surface area contributed by atoms with Gasteiger partial charge >= 0.3 is 0 Å². The van der Waals surface area contributed by atoms with Gasteiger partial charge in [0.05, 0.1) is 11.3 Å². The van der Waals surface area contributed by atoms with Crippen molar-refractivity contribution in [3.63, 3.8) is 0 Å². The molecule has 0 aliphatic heterocycles. The summed E-state index contributed by atoms with van der Waals surface area (Å²) in [6.07, 6.45) is 0.118. The van der Waals surface area contributed by atoms with Gasteiger partial charge in [-0.1, -0.05) is 24.3 Å². The van der Waals surface area contributed by atoms with Crippen LogP contribution < -0.4 is 15.2 Å². The van der Waals surface area contributed by atoms with Crippen LogP contribution in [0.1, 0.15) is 11.1 Å². The topological polar surface area (TPSA) is 98.5 Å². The Labute approximate surface area is 164 Å². The Kier molecular flexibility index (Phi) is 5.77. The maximum absolute atomic E-state index is 12.2. The Hall–Kier alpha value is -3.16. The van der Waals surface area contributed by atoms with E-state index in [0.717, 1.165) is 11.3 Å². The van der Waals surface area contributed by atoms with Gasteiger partial charge in [0.2, 0.25) is 15.9 Å². The second-order valence-corrected chi connectivity index (χ2v) is 7.92. The fourth-order valence-electron chi connectivity index (χ4n) is 2.61. The molecular weight excluding hydrogens is 376 g/mol. The number of benzene rings is 3. The molecule has 1 amide bonds. The summed E-state index contributed by atoms with van der Waals surface area (Å²) in [6.45, 7) is 1.99. The normalized spacial score (nSPS) is 11.1. The molecule has 0 aliphatic rings. The molecule has 0 radical (unpaired) electrons. The van der Waals surface area contributed by atoms with Crippen LogP contribution in [0.3, 0.4) is 0 Å². The van der Waals surface area contributed by atoms with Crippen LogP contribution in [0.25, 0.3) is 0 Å². The van der Waals surface area contributed by atoms with Crippen molar-refractivity contribution in [1.82, 2.24) is 0 Å². The standard InChI is InChI=1S/C21H20N2O4S/c1-15-3-2-4-19(13-15)27-18-9-7-17(8-10-18)23-21(24)14-16-5-11-20(12-6-16)28(22,25)26/h2-13H,14H2,1H3,(H,23,24)(H2,22,25,26). The Morgan fingerprint density at radius 3 is 2.25 bits per heavy atom. The molecule has 3 rings (SSSR count). The molecule has 0 aromatic heterocycles. The van der Waals surface area contributed by atoms with Gasteiger partial charge in [-0.25, -0.2) is 13.6 Å². The van der Waals surface area contributed by atoms with Gasteiger partial charge in [-0.15, -0.1) is 0 Å². The van der Waals surface area contributed by atoms with Crippen LogP contribution in [-0.2, 0) is 21.2 Å². The SMILES string of the molecule is Cc1cccc(Oc2ccc(NC(=O)Cc3ccc(S(N)(=O)=O)cc3)cc2)c1. The van der Waals surface area contributed by atoms with Crippen LogP contribution in [0.2, 0.25) is 0 Å². The first-order valence-electron chi connectivity index (χ1n) is 8.56. The first-order valence-corrected chi connectivity index (χ1v) is 10.1. The van der Waals surface area contributed by atoms with Crippen molar-refractivity contribution >= 4 is 21.6 Å². The van der Waals surface area contributed by atoms with E-state index >= 15 is 0 Å². The molecule has 0 bridgehead atoms.